The van der Waals surface area contributed by atoms with Gasteiger partial charge in [0.05, 0.1) is 6.20 Å². The average Bonchev–Trinajstić information content (AvgIpc) is 2.78. The Morgan fingerprint density at radius 3 is 2.94 bits per heavy atom. The summed E-state index contributed by atoms with van der Waals surface area (Å²) in [4.78, 5) is 7.98. The predicted molar refractivity (Wildman–Crippen MR) is 55.0 cm³/mol. The summed E-state index contributed by atoms with van der Waals surface area (Å²) in [6.45, 7) is 2.34. The van der Waals surface area contributed by atoms with Crippen LogP contribution in [-0.2, 0) is 0 Å². The summed E-state index contributed by atoms with van der Waals surface area (Å²) >= 11 is 0. The zero-order chi connectivity index (χ0) is 11.5. The topological polar surface area (TPSA) is 77.8 Å². The van der Waals surface area contributed by atoms with Gasteiger partial charge in [-0.1, -0.05) is 12.1 Å². The van der Waals surface area contributed by atoms with Crippen molar-refractivity contribution in [3.63, 3.8) is 0 Å². The first kappa shape index (κ1) is 10.7. The minimum atomic E-state index is -0.404. The summed E-state index contributed by atoms with van der Waals surface area (Å²) in [6.07, 6.45) is 1.10. The minimum absolute atomic E-state index is 0.0259. The summed E-state index contributed by atoms with van der Waals surface area (Å²) in [6, 6.07) is 2.78. The molecule has 2 aromatic heterocycles. The Kier molecular flexibility index (Phi) is 2.91. The van der Waals surface area contributed by atoms with Crippen molar-refractivity contribution < 1.29 is 8.91 Å². The van der Waals surface area contributed by atoms with Crippen LogP contribution in [0.1, 0.15) is 18.7 Å². The molecule has 0 aliphatic rings. The van der Waals surface area contributed by atoms with Crippen molar-refractivity contribution in [3.8, 4) is 11.6 Å². The number of rotatable bonds is 3. The molecule has 0 bridgehead atoms. The molecule has 1 atom stereocenters. The fraction of sp³-hybridized carbons (Fsp3) is 0.300. The largest absolute Gasteiger partial charge is 0.332 e. The molecule has 0 aliphatic heterocycles. The van der Waals surface area contributed by atoms with Crippen LogP contribution in [0, 0.1) is 5.82 Å². The van der Waals surface area contributed by atoms with Crippen molar-refractivity contribution in [3.05, 3.63) is 30.0 Å². The quantitative estimate of drug-likeness (QED) is 0.847. The lowest BCUT2D eigenvalue weighted by Gasteiger charge is -1.98. The second-order valence-electron chi connectivity index (χ2n) is 3.46. The van der Waals surface area contributed by atoms with E-state index in [4.69, 9.17) is 10.3 Å². The molecule has 0 aliphatic carbocycles. The first-order valence-electron chi connectivity index (χ1n) is 4.86. The molecule has 5 nitrogen and oxygen atoms in total. The van der Waals surface area contributed by atoms with Crippen molar-refractivity contribution >= 4 is 0 Å². The van der Waals surface area contributed by atoms with Crippen LogP contribution in [0.3, 0.4) is 0 Å². The van der Waals surface area contributed by atoms with Gasteiger partial charge >= 0.3 is 0 Å². The number of halogens is 1. The molecule has 2 heterocycles. The average molecular weight is 222 g/mol. The van der Waals surface area contributed by atoms with E-state index in [0.717, 1.165) is 6.20 Å². The lowest BCUT2D eigenvalue weighted by atomic mass is 10.2. The number of nitrogens with two attached hydrogens (primary N) is 1. The van der Waals surface area contributed by atoms with Gasteiger partial charge in [0.25, 0.3) is 5.89 Å². The molecular weight excluding hydrogens is 211 g/mol. The van der Waals surface area contributed by atoms with Crippen LogP contribution in [0.5, 0.6) is 0 Å². The molecule has 0 fully saturated rings. The Morgan fingerprint density at radius 2 is 2.31 bits per heavy atom. The van der Waals surface area contributed by atoms with E-state index in [0.29, 0.717) is 18.1 Å². The minimum Gasteiger partial charge on any atom is -0.332 e. The van der Waals surface area contributed by atoms with Crippen molar-refractivity contribution in [1.29, 1.82) is 0 Å². The highest BCUT2D eigenvalue weighted by Gasteiger charge is 2.14. The molecule has 84 valence electrons. The fourth-order valence-electron chi connectivity index (χ4n) is 1.15. The molecule has 0 aromatic carbocycles. The maximum absolute atomic E-state index is 12.6. The second kappa shape index (κ2) is 4.36. The monoisotopic (exact) mass is 222 g/mol. The number of pyridine rings is 1. The van der Waals surface area contributed by atoms with Crippen LogP contribution < -0.4 is 5.73 Å². The van der Waals surface area contributed by atoms with Gasteiger partial charge in [-0.2, -0.15) is 4.98 Å². The SMILES string of the molecule is CC(CN)c1noc(-c2ccc(F)cn2)n1. The van der Waals surface area contributed by atoms with Crippen LogP contribution in [-0.4, -0.2) is 21.7 Å². The van der Waals surface area contributed by atoms with Gasteiger partial charge in [-0.15, -0.1) is 0 Å². The van der Waals surface area contributed by atoms with E-state index in [1.165, 1.54) is 12.1 Å². The Hall–Kier alpha value is -1.82. The summed E-state index contributed by atoms with van der Waals surface area (Å²) in [5.41, 5.74) is 5.93. The number of hydrogen-bond donors (Lipinski definition) is 1. The van der Waals surface area contributed by atoms with E-state index in [9.17, 15) is 4.39 Å². The lowest BCUT2D eigenvalue weighted by Crippen LogP contribution is -2.10. The lowest BCUT2D eigenvalue weighted by molar-refractivity contribution is 0.416. The van der Waals surface area contributed by atoms with Crippen molar-refractivity contribution in [2.45, 2.75) is 12.8 Å². The Balaban J connectivity index is 2.28. The highest BCUT2D eigenvalue weighted by molar-refractivity contribution is 5.45. The Morgan fingerprint density at radius 1 is 1.50 bits per heavy atom. The van der Waals surface area contributed by atoms with Crippen LogP contribution in [0.25, 0.3) is 11.6 Å². The first-order valence-corrected chi connectivity index (χ1v) is 4.86. The van der Waals surface area contributed by atoms with E-state index < -0.39 is 5.82 Å². The normalized spacial score (nSPS) is 12.7. The molecule has 16 heavy (non-hydrogen) atoms. The maximum atomic E-state index is 12.6. The van der Waals surface area contributed by atoms with Crippen LogP contribution in [0.15, 0.2) is 22.9 Å². The summed E-state index contributed by atoms with van der Waals surface area (Å²) in [5.74, 6) is 0.427. The Labute approximate surface area is 91.5 Å². The second-order valence-corrected chi connectivity index (χ2v) is 3.46. The van der Waals surface area contributed by atoms with Gasteiger partial charge in [0.2, 0.25) is 0 Å². The van der Waals surface area contributed by atoms with Crippen molar-refractivity contribution in [2.24, 2.45) is 5.73 Å². The van der Waals surface area contributed by atoms with Crippen molar-refractivity contribution in [2.75, 3.05) is 6.54 Å². The summed E-state index contributed by atoms with van der Waals surface area (Å²) < 4.78 is 17.7. The zero-order valence-electron chi connectivity index (χ0n) is 8.72. The number of aromatic nitrogens is 3. The third kappa shape index (κ3) is 2.06. The van der Waals surface area contributed by atoms with Crippen LogP contribution in [0.4, 0.5) is 4.39 Å². The molecule has 1 unspecified atom stereocenters. The maximum Gasteiger partial charge on any atom is 0.276 e. The van der Waals surface area contributed by atoms with E-state index >= 15 is 0 Å². The number of hydrogen-bond acceptors (Lipinski definition) is 5. The number of nitrogens with zero attached hydrogens (tertiary/aromatic N) is 3. The molecular formula is C10H11FN4O. The molecule has 0 spiro atoms. The van der Waals surface area contributed by atoms with Gasteiger partial charge in [-0.25, -0.2) is 9.37 Å². The van der Waals surface area contributed by atoms with Gasteiger partial charge in [-0.3, -0.25) is 0 Å². The third-order valence-electron chi connectivity index (χ3n) is 2.18. The molecule has 6 heteroatoms. The zero-order valence-corrected chi connectivity index (χ0v) is 8.72. The van der Waals surface area contributed by atoms with Crippen LogP contribution in [0.2, 0.25) is 0 Å². The molecule has 2 aromatic rings. The molecule has 0 saturated heterocycles. The van der Waals surface area contributed by atoms with E-state index in [1.807, 2.05) is 6.92 Å². The highest BCUT2D eigenvalue weighted by atomic mass is 19.1. The van der Waals surface area contributed by atoms with Gasteiger partial charge in [-0.05, 0) is 12.1 Å². The first-order chi connectivity index (χ1) is 7.70. The molecule has 0 radical (unpaired) electrons. The predicted octanol–water partition coefficient (Wildman–Crippen LogP) is 1.33. The highest BCUT2D eigenvalue weighted by Crippen LogP contribution is 2.17. The summed E-state index contributed by atoms with van der Waals surface area (Å²) in [7, 11) is 0. The molecule has 0 saturated carbocycles. The van der Waals surface area contributed by atoms with E-state index in [1.54, 1.807) is 0 Å². The van der Waals surface area contributed by atoms with Crippen LogP contribution >= 0.6 is 0 Å². The van der Waals surface area contributed by atoms with Gasteiger partial charge in [0.1, 0.15) is 11.5 Å². The smallest absolute Gasteiger partial charge is 0.276 e. The summed E-state index contributed by atoms with van der Waals surface area (Å²) in [5, 5.41) is 3.79. The molecule has 2 rings (SSSR count). The fourth-order valence-corrected chi connectivity index (χ4v) is 1.15. The van der Waals surface area contributed by atoms with Gasteiger partial charge in [0, 0.05) is 12.5 Å². The molecule has 0 amide bonds. The standard InChI is InChI=1S/C10H11FN4O/c1-6(4-12)9-14-10(16-15-9)8-3-2-7(11)5-13-8/h2-3,5-6H,4,12H2,1H3. The third-order valence-corrected chi connectivity index (χ3v) is 2.18. The molecule has 2 N–H and O–H groups in total. The Bertz CT molecular complexity index is 468. The van der Waals surface area contributed by atoms with Gasteiger partial charge in [0.15, 0.2) is 5.82 Å². The van der Waals surface area contributed by atoms with E-state index in [-0.39, 0.29) is 11.8 Å². The van der Waals surface area contributed by atoms with Gasteiger partial charge < -0.3 is 10.3 Å². The van der Waals surface area contributed by atoms with E-state index in [2.05, 4.69) is 15.1 Å². The van der Waals surface area contributed by atoms with Crippen molar-refractivity contribution in [1.82, 2.24) is 15.1 Å².